The van der Waals surface area contributed by atoms with Crippen molar-refractivity contribution in [2.75, 3.05) is 11.9 Å². The summed E-state index contributed by atoms with van der Waals surface area (Å²) < 4.78 is 0. The first-order valence-corrected chi connectivity index (χ1v) is 9.61. The number of likely N-dealkylation sites (tertiary alicyclic amines) is 1. The first-order valence-electron chi connectivity index (χ1n) is 8.73. The molecule has 1 N–H and O–H groups in total. The number of hydrogen-bond acceptors (Lipinski definition) is 4. The van der Waals surface area contributed by atoms with Crippen LogP contribution in [0.25, 0.3) is 10.9 Å². The summed E-state index contributed by atoms with van der Waals surface area (Å²) in [5.74, 6) is -0.205. The summed E-state index contributed by atoms with van der Waals surface area (Å²) in [6, 6.07) is 12.8. The number of carbonyl (C=O) groups excluding carboxylic acids is 2. The fourth-order valence-electron chi connectivity index (χ4n) is 3.41. The van der Waals surface area contributed by atoms with Crippen molar-refractivity contribution in [1.82, 2.24) is 9.88 Å². The summed E-state index contributed by atoms with van der Waals surface area (Å²) in [5, 5.41) is 5.85. The van der Waals surface area contributed by atoms with Gasteiger partial charge < -0.3 is 10.2 Å². The number of fused-ring (bicyclic) bond motifs is 1. The third kappa shape index (κ3) is 3.20. The van der Waals surface area contributed by atoms with E-state index in [9.17, 15) is 9.59 Å². The van der Waals surface area contributed by atoms with Crippen LogP contribution in [0.1, 0.15) is 28.9 Å². The number of benzene rings is 1. The molecule has 1 aliphatic heterocycles. The summed E-state index contributed by atoms with van der Waals surface area (Å²) >= 11 is 1.41. The van der Waals surface area contributed by atoms with Gasteiger partial charge in [-0.05, 0) is 42.8 Å². The number of nitrogens with zero attached hydrogens (tertiary/aromatic N) is 2. The van der Waals surface area contributed by atoms with E-state index in [1.165, 1.54) is 11.3 Å². The molecule has 1 fully saturated rings. The number of aromatic nitrogens is 1. The zero-order chi connectivity index (χ0) is 17.9. The van der Waals surface area contributed by atoms with Gasteiger partial charge in [-0.2, -0.15) is 0 Å². The molecule has 0 unspecified atom stereocenters. The van der Waals surface area contributed by atoms with E-state index in [0.29, 0.717) is 23.5 Å². The van der Waals surface area contributed by atoms with Crippen LogP contribution in [0, 0.1) is 0 Å². The zero-order valence-corrected chi connectivity index (χ0v) is 15.0. The Labute approximate surface area is 155 Å². The van der Waals surface area contributed by atoms with Crippen LogP contribution in [0.15, 0.2) is 54.0 Å². The first-order chi connectivity index (χ1) is 12.7. The van der Waals surface area contributed by atoms with E-state index in [1.807, 2.05) is 47.8 Å². The lowest BCUT2D eigenvalue weighted by molar-refractivity contribution is -0.121. The maximum Gasteiger partial charge on any atom is 0.264 e. The molecule has 0 aliphatic carbocycles. The van der Waals surface area contributed by atoms with E-state index < -0.39 is 6.04 Å². The number of piperidine rings is 1. The van der Waals surface area contributed by atoms with Crippen LogP contribution in [0.5, 0.6) is 0 Å². The summed E-state index contributed by atoms with van der Waals surface area (Å²) in [6.07, 6.45) is 4.27. The molecule has 2 aromatic heterocycles. The van der Waals surface area contributed by atoms with Crippen LogP contribution in [0.2, 0.25) is 0 Å². The number of amides is 2. The Balaban J connectivity index is 1.58. The van der Waals surface area contributed by atoms with Crippen LogP contribution in [-0.2, 0) is 4.79 Å². The quantitative estimate of drug-likeness (QED) is 0.765. The summed E-state index contributed by atoms with van der Waals surface area (Å²) in [7, 11) is 0. The Morgan fingerprint density at radius 1 is 1.12 bits per heavy atom. The van der Waals surface area contributed by atoms with Gasteiger partial charge in [-0.1, -0.05) is 24.3 Å². The molecular weight excluding hydrogens is 346 g/mol. The Kier molecular flexibility index (Phi) is 4.67. The van der Waals surface area contributed by atoms with Crippen LogP contribution in [0.4, 0.5) is 5.69 Å². The molecule has 132 valence electrons. The van der Waals surface area contributed by atoms with Crippen molar-refractivity contribution in [1.29, 1.82) is 0 Å². The van der Waals surface area contributed by atoms with Crippen molar-refractivity contribution in [3.8, 4) is 0 Å². The van der Waals surface area contributed by atoms with Crippen molar-refractivity contribution in [2.45, 2.75) is 25.3 Å². The van der Waals surface area contributed by atoms with E-state index in [1.54, 1.807) is 11.1 Å². The van der Waals surface area contributed by atoms with Gasteiger partial charge in [0.15, 0.2) is 0 Å². The van der Waals surface area contributed by atoms with E-state index in [0.717, 1.165) is 23.7 Å². The minimum atomic E-state index is -0.447. The molecule has 26 heavy (non-hydrogen) atoms. The van der Waals surface area contributed by atoms with Crippen molar-refractivity contribution in [2.24, 2.45) is 0 Å². The number of rotatable bonds is 3. The summed E-state index contributed by atoms with van der Waals surface area (Å²) in [4.78, 5) is 32.5. The highest BCUT2D eigenvalue weighted by molar-refractivity contribution is 7.12. The molecule has 0 bridgehead atoms. The van der Waals surface area contributed by atoms with Gasteiger partial charge in [0.05, 0.1) is 16.1 Å². The van der Waals surface area contributed by atoms with E-state index in [-0.39, 0.29) is 11.8 Å². The van der Waals surface area contributed by atoms with Crippen molar-refractivity contribution in [3.05, 3.63) is 58.9 Å². The largest absolute Gasteiger partial charge is 0.326 e. The fraction of sp³-hybridized carbons (Fsp3) is 0.250. The lowest BCUT2D eigenvalue weighted by atomic mass is 10.0. The minimum Gasteiger partial charge on any atom is -0.326 e. The topological polar surface area (TPSA) is 62.3 Å². The van der Waals surface area contributed by atoms with E-state index in [4.69, 9.17) is 0 Å². The highest BCUT2D eigenvalue weighted by Gasteiger charge is 2.33. The number of carbonyl (C=O) groups is 2. The van der Waals surface area contributed by atoms with Crippen LogP contribution in [-0.4, -0.2) is 34.3 Å². The third-order valence-corrected chi connectivity index (χ3v) is 5.55. The molecule has 1 saturated heterocycles. The predicted octanol–water partition coefficient (Wildman–Crippen LogP) is 3.93. The second-order valence-electron chi connectivity index (χ2n) is 6.36. The summed E-state index contributed by atoms with van der Waals surface area (Å²) in [6.45, 7) is 0.614. The van der Waals surface area contributed by atoms with Gasteiger partial charge in [-0.15, -0.1) is 11.3 Å². The predicted molar refractivity (Wildman–Crippen MR) is 103 cm³/mol. The Morgan fingerprint density at radius 2 is 2.00 bits per heavy atom. The molecule has 0 spiro atoms. The third-order valence-electron chi connectivity index (χ3n) is 4.69. The molecule has 0 radical (unpaired) electrons. The Morgan fingerprint density at radius 3 is 2.85 bits per heavy atom. The lowest BCUT2D eigenvalue weighted by Gasteiger charge is -2.34. The number of thiophene rings is 1. The van der Waals surface area contributed by atoms with Crippen LogP contribution >= 0.6 is 11.3 Å². The number of pyridine rings is 1. The van der Waals surface area contributed by atoms with Gasteiger partial charge in [0.2, 0.25) is 5.91 Å². The average Bonchev–Trinajstić information content (AvgIpc) is 3.22. The van der Waals surface area contributed by atoms with Gasteiger partial charge in [0, 0.05) is 18.1 Å². The standard InChI is InChI=1S/C20H19N3O2S/c24-19(22-15-8-3-6-14-7-4-11-21-18(14)15)16-9-1-2-12-23(16)20(25)17-10-5-13-26-17/h3-8,10-11,13,16H,1-2,9,12H2,(H,22,24)/t16-/m1/s1. The van der Waals surface area contributed by atoms with Gasteiger partial charge >= 0.3 is 0 Å². The first kappa shape index (κ1) is 16.7. The molecule has 1 aromatic carbocycles. The highest BCUT2D eigenvalue weighted by atomic mass is 32.1. The minimum absolute atomic E-state index is 0.0594. The van der Waals surface area contributed by atoms with E-state index in [2.05, 4.69) is 10.3 Å². The summed E-state index contributed by atoms with van der Waals surface area (Å²) in [5.41, 5.74) is 1.44. The van der Waals surface area contributed by atoms with Gasteiger partial charge in [0.25, 0.3) is 5.91 Å². The average molecular weight is 365 g/mol. The van der Waals surface area contributed by atoms with Crippen LogP contribution < -0.4 is 5.32 Å². The Bertz CT molecular complexity index is 934. The lowest BCUT2D eigenvalue weighted by Crippen LogP contribution is -2.49. The normalized spacial score (nSPS) is 17.2. The monoisotopic (exact) mass is 365 g/mol. The molecule has 1 atom stereocenters. The molecule has 3 aromatic rings. The maximum absolute atomic E-state index is 13.0. The molecule has 4 rings (SSSR count). The van der Waals surface area contributed by atoms with E-state index >= 15 is 0 Å². The van der Waals surface area contributed by atoms with Crippen molar-refractivity contribution < 1.29 is 9.59 Å². The molecule has 3 heterocycles. The number of para-hydroxylation sites is 1. The molecule has 5 nitrogen and oxygen atoms in total. The SMILES string of the molecule is O=C(Nc1cccc2cccnc12)[C@H]1CCCCN1C(=O)c1cccs1. The smallest absolute Gasteiger partial charge is 0.264 e. The highest BCUT2D eigenvalue weighted by Crippen LogP contribution is 2.25. The van der Waals surface area contributed by atoms with Gasteiger partial charge in [-0.3, -0.25) is 14.6 Å². The molecule has 6 heteroatoms. The second-order valence-corrected chi connectivity index (χ2v) is 7.31. The zero-order valence-electron chi connectivity index (χ0n) is 14.2. The second kappa shape index (κ2) is 7.25. The maximum atomic E-state index is 13.0. The van der Waals surface area contributed by atoms with Crippen molar-refractivity contribution in [3.63, 3.8) is 0 Å². The van der Waals surface area contributed by atoms with Crippen LogP contribution in [0.3, 0.4) is 0 Å². The molecule has 2 amide bonds. The number of hydrogen-bond donors (Lipinski definition) is 1. The Hall–Kier alpha value is -2.73. The molecule has 1 aliphatic rings. The van der Waals surface area contributed by atoms with Gasteiger partial charge in [0.1, 0.15) is 6.04 Å². The van der Waals surface area contributed by atoms with Gasteiger partial charge in [-0.25, -0.2) is 0 Å². The van der Waals surface area contributed by atoms with Crippen molar-refractivity contribution >= 4 is 39.7 Å². The molecular formula is C20H19N3O2S. The number of anilines is 1. The fourth-order valence-corrected chi connectivity index (χ4v) is 4.09. The number of nitrogens with one attached hydrogen (secondary N) is 1. The molecule has 0 saturated carbocycles.